The maximum Gasteiger partial charge on any atom is 0.211 e. The molecule has 0 unspecified atom stereocenters. The Bertz CT molecular complexity index is 341. The van der Waals surface area contributed by atoms with E-state index < -0.39 is 10.0 Å². The van der Waals surface area contributed by atoms with Gasteiger partial charge in [-0.15, -0.1) is 0 Å². The molecule has 1 aliphatic rings. The monoisotopic (exact) mass is 200 g/mol. The van der Waals surface area contributed by atoms with Gasteiger partial charge in [0.1, 0.15) is 0 Å². The minimum Gasteiger partial charge on any atom is -0.213 e. The topological polar surface area (TPSA) is 61.2 Å². The van der Waals surface area contributed by atoms with E-state index in [1.165, 1.54) is 16.6 Å². The van der Waals surface area contributed by atoms with Crippen LogP contribution in [0.4, 0.5) is 0 Å². The average Bonchev–Trinajstić information content (AvgIpc) is 2.04. The van der Waals surface area contributed by atoms with Crippen LogP contribution in [-0.4, -0.2) is 32.1 Å². The van der Waals surface area contributed by atoms with Crippen molar-refractivity contribution in [2.24, 2.45) is 0 Å². The molecule has 1 saturated heterocycles. The lowest BCUT2D eigenvalue weighted by molar-refractivity contribution is 0.390. The zero-order chi connectivity index (χ0) is 9.90. The van der Waals surface area contributed by atoms with E-state index in [2.05, 4.69) is 0 Å². The molecule has 4 nitrogen and oxygen atoms in total. The van der Waals surface area contributed by atoms with E-state index in [1.54, 1.807) is 0 Å². The molecular formula is C8H12N2O2S. The molecular weight excluding hydrogens is 188 g/mol. The number of sulfonamides is 1. The first-order valence-electron chi connectivity index (χ1n) is 4.06. The lowest BCUT2D eigenvalue weighted by Crippen LogP contribution is -2.35. The lowest BCUT2D eigenvalue weighted by atomic mass is 10.1. The Morgan fingerprint density at radius 2 is 2.00 bits per heavy atom. The van der Waals surface area contributed by atoms with Crippen molar-refractivity contribution < 1.29 is 8.42 Å². The number of allylic oxidation sites excluding steroid dienone is 1. The summed E-state index contributed by atoms with van der Waals surface area (Å²) < 4.78 is 23.6. The van der Waals surface area contributed by atoms with E-state index >= 15 is 0 Å². The Kier molecular flexibility index (Phi) is 3.07. The van der Waals surface area contributed by atoms with Crippen molar-refractivity contribution in [3.8, 4) is 6.07 Å². The summed E-state index contributed by atoms with van der Waals surface area (Å²) in [6, 6.07) is 1.96. The molecule has 0 aromatic heterocycles. The largest absolute Gasteiger partial charge is 0.213 e. The SMILES string of the molecule is CS(=O)(=O)N1CCC(=CC#N)CC1. The minimum absolute atomic E-state index is 0.506. The highest BCUT2D eigenvalue weighted by molar-refractivity contribution is 7.88. The number of hydrogen-bond donors (Lipinski definition) is 0. The molecule has 1 fully saturated rings. The summed E-state index contributed by atoms with van der Waals surface area (Å²) in [5.41, 5.74) is 1.04. The summed E-state index contributed by atoms with van der Waals surface area (Å²) in [6.45, 7) is 1.01. The molecule has 72 valence electrons. The standard InChI is InChI=1S/C8H12N2O2S/c1-13(11,12)10-6-3-8(2-5-9)4-7-10/h2H,3-4,6-7H2,1H3. The number of piperidine rings is 1. The van der Waals surface area contributed by atoms with E-state index in [9.17, 15) is 8.42 Å². The van der Waals surface area contributed by atoms with Crippen LogP contribution in [0, 0.1) is 11.3 Å². The van der Waals surface area contributed by atoms with Crippen molar-refractivity contribution in [3.05, 3.63) is 11.6 Å². The fraction of sp³-hybridized carbons (Fsp3) is 0.625. The highest BCUT2D eigenvalue weighted by atomic mass is 32.2. The third-order valence-corrected chi connectivity index (χ3v) is 3.41. The highest BCUT2D eigenvalue weighted by Gasteiger charge is 2.20. The first-order valence-corrected chi connectivity index (χ1v) is 5.91. The van der Waals surface area contributed by atoms with Gasteiger partial charge in [0.15, 0.2) is 0 Å². The Morgan fingerprint density at radius 3 is 2.38 bits per heavy atom. The van der Waals surface area contributed by atoms with Gasteiger partial charge in [-0.05, 0) is 12.8 Å². The Balaban J connectivity index is 2.60. The average molecular weight is 200 g/mol. The zero-order valence-electron chi connectivity index (χ0n) is 7.52. The molecule has 1 heterocycles. The van der Waals surface area contributed by atoms with Crippen molar-refractivity contribution in [3.63, 3.8) is 0 Å². The van der Waals surface area contributed by atoms with E-state index in [-0.39, 0.29) is 0 Å². The van der Waals surface area contributed by atoms with Crippen molar-refractivity contribution in [2.45, 2.75) is 12.8 Å². The predicted octanol–water partition coefficient (Wildman–Crippen LogP) is 0.492. The van der Waals surface area contributed by atoms with Gasteiger partial charge in [0.05, 0.1) is 12.3 Å². The van der Waals surface area contributed by atoms with E-state index in [1.807, 2.05) is 6.07 Å². The van der Waals surface area contributed by atoms with Crippen LogP contribution in [-0.2, 0) is 10.0 Å². The molecule has 1 rings (SSSR count). The molecule has 0 atom stereocenters. The Morgan fingerprint density at radius 1 is 1.46 bits per heavy atom. The molecule has 0 aromatic carbocycles. The molecule has 0 aromatic rings. The Labute approximate surface area is 78.5 Å². The molecule has 0 saturated carbocycles. The van der Waals surface area contributed by atoms with Gasteiger partial charge in [-0.3, -0.25) is 0 Å². The quantitative estimate of drug-likeness (QED) is 0.579. The summed E-state index contributed by atoms with van der Waals surface area (Å²) >= 11 is 0. The van der Waals surface area contributed by atoms with Gasteiger partial charge in [0, 0.05) is 19.2 Å². The van der Waals surface area contributed by atoms with Crippen molar-refractivity contribution in [1.29, 1.82) is 5.26 Å². The first kappa shape index (κ1) is 10.2. The maximum atomic E-state index is 11.1. The predicted molar refractivity (Wildman–Crippen MR) is 49.3 cm³/mol. The molecule has 0 spiro atoms. The van der Waals surface area contributed by atoms with Gasteiger partial charge in [0.25, 0.3) is 0 Å². The molecule has 1 aliphatic heterocycles. The van der Waals surface area contributed by atoms with E-state index in [0.29, 0.717) is 25.9 Å². The van der Waals surface area contributed by atoms with Crippen LogP contribution in [0.1, 0.15) is 12.8 Å². The first-order chi connectivity index (χ1) is 6.04. The van der Waals surface area contributed by atoms with Gasteiger partial charge in [-0.1, -0.05) is 5.57 Å². The smallest absolute Gasteiger partial charge is 0.211 e. The fourth-order valence-corrected chi connectivity index (χ4v) is 2.19. The number of rotatable bonds is 1. The van der Waals surface area contributed by atoms with Crippen molar-refractivity contribution in [1.82, 2.24) is 4.31 Å². The lowest BCUT2D eigenvalue weighted by Gasteiger charge is -2.25. The van der Waals surface area contributed by atoms with Crippen LogP contribution < -0.4 is 0 Å². The van der Waals surface area contributed by atoms with Gasteiger partial charge in [0.2, 0.25) is 10.0 Å². The van der Waals surface area contributed by atoms with Crippen LogP contribution in [0.25, 0.3) is 0 Å². The molecule has 0 amide bonds. The van der Waals surface area contributed by atoms with E-state index in [0.717, 1.165) is 5.57 Å². The van der Waals surface area contributed by atoms with Crippen LogP contribution in [0.15, 0.2) is 11.6 Å². The molecule has 5 heteroatoms. The van der Waals surface area contributed by atoms with Gasteiger partial charge < -0.3 is 0 Å². The zero-order valence-corrected chi connectivity index (χ0v) is 8.34. The van der Waals surface area contributed by atoms with Crippen molar-refractivity contribution in [2.75, 3.05) is 19.3 Å². The summed E-state index contributed by atoms with van der Waals surface area (Å²) in [6.07, 6.45) is 4.09. The normalized spacial score (nSPS) is 19.5. The summed E-state index contributed by atoms with van der Waals surface area (Å²) in [7, 11) is -3.04. The molecule has 0 aliphatic carbocycles. The van der Waals surface area contributed by atoms with E-state index in [4.69, 9.17) is 5.26 Å². The van der Waals surface area contributed by atoms with Crippen LogP contribution in [0.5, 0.6) is 0 Å². The second-order valence-electron chi connectivity index (χ2n) is 3.09. The second-order valence-corrected chi connectivity index (χ2v) is 5.08. The molecule has 13 heavy (non-hydrogen) atoms. The third-order valence-electron chi connectivity index (χ3n) is 2.10. The number of hydrogen-bond acceptors (Lipinski definition) is 3. The van der Waals surface area contributed by atoms with Crippen LogP contribution >= 0.6 is 0 Å². The Hall–Kier alpha value is -0.860. The minimum atomic E-state index is -3.04. The fourth-order valence-electron chi connectivity index (χ4n) is 1.34. The molecule has 0 radical (unpaired) electrons. The molecule has 0 bridgehead atoms. The highest BCUT2D eigenvalue weighted by Crippen LogP contribution is 2.17. The summed E-state index contributed by atoms with van der Waals surface area (Å²) in [4.78, 5) is 0. The van der Waals surface area contributed by atoms with Gasteiger partial charge in [-0.25, -0.2) is 12.7 Å². The molecule has 0 N–H and O–H groups in total. The van der Waals surface area contributed by atoms with Crippen LogP contribution in [0.2, 0.25) is 0 Å². The second kappa shape index (κ2) is 3.90. The summed E-state index contributed by atoms with van der Waals surface area (Å²) in [5, 5.41) is 8.39. The number of nitriles is 1. The van der Waals surface area contributed by atoms with Gasteiger partial charge in [-0.2, -0.15) is 5.26 Å². The van der Waals surface area contributed by atoms with Crippen molar-refractivity contribution >= 4 is 10.0 Å². The summed E-state index contributed by atoms with van der Waals surface area (Å²) in [5.74, 6) is 0. The van der Waals surface area contributed by atoms with Gasteiger partial charge >= 0.3 is 0 Å². The third kappa shape index (κ3) is 2.83. The maximum absolute atomic E-state index is 11.1. The van der Waals surface area contributed by atoms with Crippen LogP contribution in [0.3, 0.4) is 0 Å². The number of nitrogens with zero attached hydrogens (tertiary/aromatic N) is 2.